The average molecular weight is 152 g/mol. The first kappa shape index (κ1) is 7.60. The van der Waals surface area contributed by atoms with Gasteiger partial charge in [0.15, 0.2) is 0 Å². The Balaban J connectivity index is 2.63. The fourth-order valence-electron chi connectivity index (χ4n) is 0.776. The van der Waals surface area contributed by atoms with Gasteiger partial charge in [-0.2, -0.15) is 0 Å². The quantitative estimate of drug-likeness (QED) is 0.659. The van der Waals surface area contributed by atoms with Gasteiger partial charge in [0, 0.05) is 0 Å². The number of carbonyl (C=O) groups excluding carboxylic acids is 1. The molecule has 0 aliphatic heterocycles. The summed E-state index contributed by atoms with van der Waals surface area (Å²) in [5.74, 6) is 0.178. The first-order valence-corrected chi connectivity index (χ1v) is 3.16. The highest BCUT2D eigenvalue weighted by atomic mass is 16.5. The van der Waals surface area contributed by atoms with E-state index in [-0.39, 0.29) is 12.4 Å². The number of benzene rings is 1. The predicted octanol–water partition coefficient (Wildman–Crippen LogP) is 1.07. The molecule has 0 saturated heterocycles. The lowest BCUT2D eigenvalue weighted by atomic mass is 10.2. The zero-order valence-corrected chi connectivity index (χ0v) is 5.86. The topological polar surface area (TPSA) is 46.5 Å². The van der Waals surface area contributed by atoms with Crippen LogP contribution >= 0.6 is 0 Å². The molecule has 0 amide bonds. The SMILES string of the molecule is O=COCc1cccc(O)c1. The van der Waals surface area contributed by atoms with E-state index in [1.165, 1.54) is 0 Å². The van der Waals surface area contributed by atoms with Gasteiger partial charge in [0.2, 0.25) is 0 Å². The van der Waals surface area contributed by atoms with Gasteiger partial charge < -0.3 is 9.84 Å². The summed E-state index contributed by atoms with van der Waals surface area (Å²) in [6.07, 6.45) is 0. The standard InChI is InChI=1S/C8H8O3/c9-6-11-5-7-2-1-3-8(10)4-7/h1-4,6,10H,5H2. The lowest BCUT2D eigenvalue weighted by molar-refractivity contribution is -0.129. The van der Waals surface area contributed by atoms with E-state index in [0.717, 1.165) is 5.56 Å². The number of rotatable bonds is 3. The van der Waals surface area contributed by atoms with Crippen molar-refractivity contribution in [3.63, 3.8) is 0 Å². The van der Waals surface area contributed by atoms with Crippen molar-refractivity contribution < 1.29 is 14.6 Å². The molecule has 3 heteroatoms. The highest BCUT2D eigenvalue weighted by molar-refractivity contribution is 5.37. The van der Waals surface area contributed by atoms with E-state index in [4.69, 9.17) is 5.11 Å². The molecule has 0 unspecified atom stereocenters. The molecule has 0 aliphatic carbocycles. The average Bonchev–Trinajstić information content (AvgIpc) is 2.01. The van der Waals surface area contributed by atoms with Gasteiger partial charge in [-0.1, -0.05) is 12.1 Å². The number of ether oxygens (including phenoxy) is 1. The Labute approximate surface area is 64.2 Å². The van der Waals surface area contributed by atoms with E-state index in [1.807, 2.05) is 0 Å². The van der Waals surface area contributed by atoms with Crippen molar-refractivity contribution in [1.82, 2.24) is 0 Å². The normalized spacial score (nSPS) is 9.09. The number of hydrogen-bond acceptors (Lipinski definition) is 3. The van der Waals surface area contributed by atoms with Crippen molar-refractivity contribution in [2.24, 2.45) is 0 Å². The molecular weight excluding hydrogens is 144 g/mol. The summed E-state index contributed by atoms with van der Waals surface area (Å²) < 4.78 is 4.48. The van der Waals surface area contributed by atoms with Gasteiger partial charge in [0.1, 0.15) is 12.4 Å². The third-order valence-corrected chi connectivity index (χ3v) is 1.23. The number of carbonyl (C=O) groups is 1. The minimum Gasteiger partial charge on any atom is -0.508 e. The second-order valence-electron chi connectivity index (χ2n) is 2.08. The van der Waals surface area contributed by atoms with Crippen LogP contribution in [-0.4, -0.2) is 11.6 Å². The number of hydrogen-bond donors (Lipinski definition) is 1. The summed E-state index contributed by atoms with van der Waals surface area (Å²) in [5.41, 5.74) is 0.775. The molecule has 1 aromatic rings. The summed E-state index contributed by atoms with van der Waals surface area (Å²) in [5, 5.41) is 8.97. The molecule has 3 nitrogen and oxygen atoms in total. The van der Waals surface area contributed by atoms with Crippen LogP contribution in [0.15, 0.2) is 24.3 Å². The third-order valence-electron chi connectivity index (χ3n) is 1.23. The van der Waals surface area contributed by atoms with Crippen LogP contribution in [0, 0.1) is 0 Å². The Morgan fingerprint density at radius 2 is 2.36 bits per heavy atom. The monoisotopic (exact) mass is 152 g/mol. The molecule has 0 saturated carbocycles. The van der Waals surface area contributed by atoms with Crippen LogP contribution < -0.4 is 0 Å². The van der Waals surface area contributed by atoms with Crippen molar-refractivity contribution in [3.05, 3.63) is 29.8 Å². The van der Waals surface area contributed by atoms with E-state index in [0.29, 0.717) is 6.47 Å². The van der Waals surface area contributed by atoms with Gasteiger partial charge in [0.25, 0.3) is 6.47 Å². The van der Waals surface area contributed by atoms with E-state index < -0.39 is 0 Å². The highest BCUT2D eigenvalue weighted by Crippen LogP contribution is 2.10. The molecule has 0 aromatic heterocycles. The van der Waals surface area contributed by atoms with Crippen molar-refractivity contribution >= 4 is 6.47 Å². The molecule has 0 fully saturated rings. The lowest BCUT2D eigenvalue weighted by Crippen LogP contribution is -1.88. The molecule has 0 atom stereocenters. The molecule has 1 N–H and O–H groups in total. The molecule has 0 spiro atoms. The fraction of sp³-hybridized carbons (Fsp3) is 0.125. The second kappa shape index (κ2) is 3.61. The molecule has 58 valence electrons. The Hall–Kier alpha value is -1.51. The van der Waals surface area contributed by atoms with Crippen LogP contribution in [0.1, 0.15) is 5.56 Å². The summed E-state index contributed by atoms with van der Waals surface area (Å²) >= 11 is 0. The Morgan fingerprint density at radius 1 is 1.55 bits per heavy atom. The van der Waals surface area contributed by atoms with Crippen molar-refractivity contribution in [2.75, 3.05) is 0 Å². The smallest absolute Gasteiger partial charge is 0.293 e. The largest absolute Gasteiger partial charge is 0.508 e. The summed E-state index contributed by atoms with van der Waals surface area (Å²) in [6.45, 7) is 0.585. The maximum absolute atomic E-state index is 9.78. The lowest BCUT2D eigenvalue weighted by Gasteiger charge is -1.98. The van der Waals surface area contributed by atoms with Crippen molar-refractivity contribution in [1.29, 1.82) is 0 Å². The van der Waals surface area contributed by atoms with Crippen LogP contribution in [-0.2, 0) is 16.1 Å². The first-order chi connectivity index (χ1) is 5.33. The van der Waals surface area contributed by atoms with Crippen LogP contribution in [0.2, 0.25) is 0 Å². The second-order valence-corrected chi connectivity index (χ2v) is 2.08. The van der Waals surface area contributed by atoms with E-state index in [1.54, 1.807) is 24.3 Å². The highest BCUT2D eigenvalue weighted by Gasteiger charge is 1.92. The minimum atomic E-state index is 0.178. The van der Waals surface area contributed by atoms with Gasteiger partial charge in [0.05, 0.1) is 0 Å². The Kier molecular flexibility index (Phi) is 2.49. The fourth-order valence-corrected chi connectivity index (χ4v) is 0.776. The molecule has 0 radical (unpaired) electrons. The van der Waals surface area contributed by atoms with Crippen LogP contribution in [0.5, 0.6) is 5.75 Å². The van der Waals surface area contributed by atoms with Crippen LogP contribution in [0.3, 0.4) is 0 Å². The maximum Gasteiger partial charge on any atom is 0.293 e. The molecule has 11 heavy (non-hydrogen) atoms. The number of phenols is 1. The molecule has 0 heterocycles. The third kappa shape index (κ3) is 2.29. The summed E-state index contributed by atoms with van der Waals surface area (Å²) in [6, 6.07) is 6.57. The van der Waals surface area contributed by atoms with Crippen LogP contribution in [0.25, 0.3) is 0 Å². The van der Waals surface area contributed by atoms with Gasteiger partial charge in [-0.25, -0.2) is 0 Å². The molecular formula is C8H8O3. The number of phenolic OH excluding ortho intramolecular Hbond substituents is 1. The Bertz CT molecular complexity index is 245. The van der Waals surface area contributed by atoms with E-state index in [2.05, 4.69) is 4.74 Å². The zero-order chi connectivity index (χ0) is 8.10. The van der Waals surface area contributed by atoms with Gasteiger partial charge in [-0.05, 0) is 17.7 Å². The van der Waals surface area contributed by atoms with Crippen LogP contribution in [0.4, 0.5) is 0 Å². The molecule has 0 aliphatic rings. The zero-order valence-electron chi connectivity index (χ0n) is 5.86. The molecule has 1 rings (SSSR count). The molecule has 0 bridgehead atoms. The summed E-state index contributed by atoms with van der Waals surface area (Å²) in [4.78, 5) is 9.78. The van der Waals surface area contributed by atoms with Crippen molar-refractivity contribution in [2.45, 2.75) is 6.61 Å². The van der Waals surface area contributed by atoms with E-state index >= 15 is 0 Å². The number of aromatic hydroxyl groups is 1. The minimum absolute atomic E-state index is 0.178. The van der Waals surface area contributed by atoms with Gasteiger partial charge in [-0.3, -0.25) is 4.79 Å². The van der Waals surface area contributed by atoms with Crippen molar-refractivity contribution in [3.8, 4) is 5.75 Å². The van der Waals surface area contributed by atoms with Gasteiger partial charge >= 0.3 is 0 Å². The predicted molar refractivity (Wildman–Crippen MR) is 39.0 cm³/mol. The Morgan fingerprint density at radius 3 is 3.00 bits per heavy atom. The maximum atomic E-state index is 9.78. The van der Waals surface area contributed by atoms with Gasteiger partial charge in [-0.15, -0.1) is 0 Å². The molecule has 1 aromatic carbocycles. The van der Waals surface area contributed by atoms with E-state index in [9.17, 15) is 4.79 Å². The first-order valence-electron chi connectivity index (χ1n) is 3.16. The summed E-state index contributed by atoms with van der Waals surface area (Å²) in [7, 11) is 0.